The summed E-state index contributed by atoms with van der Waals surface area (Å²) in [7, 11) is 2.75. The summed E-state index contributed by atoms with van der Waals surface area (Å²) >= 11 is 0. The second-order valence-electron chi connectivity index (χ2n) is 7.41. The van der Waals surface area contributed by atoms with Gasteiger partial charge in [-0.05, 0) is 35.9 Å². The number of methoxy groups -OCH3 is 2. The van der Waals surface area contributed by atoms with Crippen molar-refractivity contribution >= 4 is 23.1 Å². The number of hydrogen-bond donors (Lipinski definition) is 3. The Morgan fingerprint density at radius 1 is 1.15 bits per heavy atom. The van der Waals surface area contributed by atoms with E-state index >= 15 is 0 Å². The zero-order valence-electron chi connectivity index (χ0n) is 18.4. The smallest absolute Gasteiger partial charge is 0.335 e. The van der Waals surface area contributed by atoms with E-state index in [4.69, 9.17) is 9.47 Å². The molecule has 0 saturated heterocycles. The van der Waals surface area contributed by atoms with Gasteiger partial charge in [0.25, 0.3) is 5.56 Å². The fraction of sp³-hybridized carbons (Fsp3) is 0.167. The van der Waals surface area contributed by atoms with E-state index in [1.165, 1.54) is 14.2 Å². The van der Waals surface area contributed by atoms with Crippen molar-refractivity contribution < 1.29 is 19.4 Å². The molecule has 4 rings (SSSR count). The number of aromatic nitrogens is 3. The Morgan fingerprint density at radius 2 is 1.88 bits per heavy atom. The van der Waals surface area contributed by atoms with Gasteiger partial charge in [0.05, 0.1) is 19.9 Å². The number of H-pyrrole nitrogens is 2. The van der Waals surface area contributed by atoms with Crippen LogP contribution in [-0.2, 0) is 16.0 Å². The van der Waals surface area contributed by atoms with Gasteiger partial charge in [0.1, 0.15) is 11.3 Å². The monoisotopic (exact) mass is 462 g/mol. The van der Waals surface area contributed by atoms with Crippen LogP contribution in [0.1, 0.15) is 11.1 Å². The lowest BCUT2D eigenvalue weighted by atomic mass is 10.1. The molecule has 0 radical (unpaired) electrons. The third-order valence-corrected chi connectivity index (χ3v) is 5.40. The highest BCUT2D eigenvalue weighted by atomic mass is 16.5. The number of fused-ring (bicyclic) bond motifs is 1. The van der Waals surface area contributed by atoms with Gasteiger partial charge in [-0.3, -0.25) is 14.8 Å². The molecule has 0 spiro atoms. The summed E-state index contributed by atoms with van der Waals surface area (Å²) in [5.41, 5.74) is 0.107. The number of carbonyl (C=O) groups excluding carboxylic acids is 1. The largest absolute Gasteiger partial charge is 0.497 e. The van der Waals surface area contributed by atoms with E-state index in [0.717, 1.165) is 27.2 Å². The molecule has 0 aliphatic carbocycles. The summed E-state index contributed by atoms with van der Waals surface area (Å²) in [5, 5.41) is 11.7. The van der Waals surface area contributed by atoms with Gasteiger partial charge >= 0.3 is 11.7 Å². The van der Waals surface area contributed by atoms with Crippen molar-refractivity contribution in [1.29, 1.82) is 0 Å². The molecule has 2 aromatic carbocycles. The highest BCUT2D eigenvalue weighted by Gasteiger charge is 2.21. The van der Waals surface area contributed by atoms with Crippen LogP contribution < -0.4 is 16.0 Å². The second-order valence-corrected chi connectivity index (χ2v) is 7.41. The van der Waals surface area contributed by atoms with Gasteiger partial charge < -0.3 is 19.6 Å². The number of rotatable bonds is 7. The molecule has 0 aliphatic rings. The highest BCUT2D eigenvalue weighted by molar-refractivity contribution is 5.87. The first kappa shape index (κ1) is 22.6. The molecule has 2 heterocycles. The maximum atomic E-state index is 12.4. The maximum absolute atomic E-state index is 12.4. The number of nitrogens with one attached hydrogen (secondary N) is 2. The molecule has 10 heteroatoms. The minimum absolute atomic E-state index is 0.198. The Labute approximate surface area is 193 Å². The number of ether oxygens (including phenoxy) is 2. The Hall–Kier alpha value is -4.60. The van der Waals surface area contributed by atoms with E-state index in [2.05, 4.69) is 15.0 Å². The molecule has 0 fully saturated rings. The van der Waals surface area contributed by atoms with Crippen LogP contribution in [0.25, 0.3) is 16.6 Å². The molecule has 0 aliphatic heterocycles. The summed E-state index contributed by atoms with van der Waals surface area (Å²) in [6, 6.07) is 12.9. The standard InChI is InChI=1S/C24H22N4O6/c1-33-16-9-7-15(8-10-16)28-22(30)18(21(29)27-24(28)32)13-26-20(23(31)34-2)11-14-12-25-19-6-4-3-5-17(14)19/h3-10,12-13,20,25,30H,11H2,1-2H3,(H,27,29,32). The predicted octanol–water partition coefficient (Wildman–Crippen LogP) is 1.92. The van der Waals surface area contributed by atoms with Gasteiger partial charge in [0.2, 0.25) is 5.88 Å². The average molecular weight is 462 g/mol. The van der Waals surface area contributed by atoms with Gasteiger partial charge in [-0.25, -0.2) is 14.2 Å². The maximum Gasteiger partial charge on any atom is 0.335 e. The first-order chi connectivity index (χ1) is 16.4. The number of benzene rings is 2. The molecule has 0 bridgehead atoms. The quantitative estimate of drug-likeness (QED) is 0.283. The number of aliphatic imine (C=N–C) groups is 1. The normalized spacial score (nSPS) is 12.2. The summed E-state index contributed by atoms with van der Waals surface area (Å²) in [6.45, 7) is 0. The number of aromatic hydroxyl groups is 1. The van der Waals surface area contributed by atoms with Crippen LogP contribution in [-0.4, -0.2) is 52.1 Å². The van der Waals surface area contributed by atoms with E-state index in [1.54, 1.807) is 30.5 Å². The Kier molecular flexibility index (Phi) is 6.30. The zero-order chi connectivity index (χ0) is 24.2. The Balaban J connectivity index is 1.71. The number of hydrogen-bond acceptors (Lipinski definition) is 7. The fourth-order valence-electron chi connectivity index (χ4n) is 3.63. The number of esters is 1. The van der Waals surface area contributed by atoms with Crippen molar-refractivity contribution in [2.45, 2.75) is 12.5 Å². The molecule has 1 unspecified atom stereocenters. The van der Waals surface area contributed by atoms with Crippen LogP contribution in [0.5, 0.6) is 11.6 Å². The first-order valence-corrected chi connectivity index (χ1v) is 10.3. The van der Waals surface area contributed by atoms with E-state index < -0.39 is 29.1 Å². The molecule has 3 N–H and O–H groups in total. The second kappa shape index (κ2) is 9.49. The predicted molar refractivity (Wildman–Crippen MR) is 126 cm³/mol. The van der Waals surface area contributed by atoms with Crippen molar-refractivity contribution in [2.75, 3.05) is 14.2 Å². The topological polar surface area (TPSA) is 139 Å². The lowest BCUT2D eigenvalue weighted by molar-refractivity contribution is -0.142. The number of nitrogens with zero attached hydrogens (tertiary/aromatic N) is 2. The number of aromatic amines is 2. The van der Waals surface area contributed by atoms with Crippen molar-refractivity contribution in [3.05, 3.63) is 86.7 Å². The molecule has 10 nitrogen and oxygen atoms in total. The van der Waals surface area contributed by atoms with E-state index in [9.17, 15) is 19.5 Å². The van der Waals surface area contributed by atoms with Crippen molar-refractivity contribution in [1.82, 2.24) is 14.5 Å². The van der Waals surface area contributed by atoms with E-state index in [1.807, 2.05) is 24.3 Å². The third-order valence-electron chi connectivity index (χ3n) is 5.40. The fourth-order valence-corrected chi connectivity index (χ4v) is 3.63. The molecule has 0 saturated carbocycles. The molecule has 2 aromatic heterocycles. The number of carbonyl (C=O) groups is 1. The number of para-hydroxylation sites is 1. The van der Waals surface area contributed by atoms with Crippen molar-refractivity contribution in [2.24, 2.45) is 4.99 Å². The molecular formula is C24H22N4O6. The zero-order valence-corrected chi connectivity index (χ0v) is 18.4. The lowest BCUT2D eigenvalue weighted by Crippen LogP contribution is -2.31. The SMILES string of the molecule is COC(=O)C(Cc1c[nH]c2ccccc12)N=Cc1c(O)n(-c2ccc(OC)cc2)c(=O)[nH]c1=O. The van der Waals surface area contributed by atoms with Crippen molar-refractivity contribution in [3.8, 4) is 17.3 Å². The Morgan fingerprint density at radius 3 is 2.59 bits per heavy atom. The van der Waals surface area contributed by atoms with E-state index in [0.29, 0.717) is 11.4 Å². The van der Waals surface area contributed by atoms with Crippen LogP contribution in [0.15, 0.2) is 69.3 Å². The Bertz CT molecular complexity index is 1480. The van der Waals surface area contributed by atoms with Crippen molar-refractivity contribution in [3.63, 3.8) is 0 Å². The molecule has 4 aromatic rings. The molecule has 174 valence electrons. The minimum atomic E-state index is -0.982. The highest BCUT2D eigenvalue weighted by Crippen LogP contribution is 2.21. The van der Waals surface area contributed by atoms with Crippen LogP contribution in [0.2, 0.25) is 0 Å². The summed E-state index contributed by atoms with van der Waals surface area (Å²) in [6.07, 6.45) is 3.05. The van der Waals surface area contributed by atoms with Crippen LogP contribution in [0, 0.1) is 0 Å². The first-order valence-electron chi connectivity index (χ1n) is 10.3. The van der Waals surface area contributed by atoms with Crippen LogP contribution in [0.4, 0.5) is 0 Å². The molecular weight excluding hydrogens is 440 g/mol. The lowest BCUT2D eigenvalue weighted by Gasteiger charge is -2.12. The van der Waals surface area contributed by atoms with Gasteiger partial charge in [0.15, 0.2) is 6.04 Å². The van der Waals surface area contributed by atoms with Crippen LogP contribution >= 0.6 is 0 Å². The van der Waals surface area contributed by atoms with Crippen LogP contribution in [0.3, 0.4) is 0 Å². The van der Waals surface area contributed by atoms with Gasteiger partial charge in [-0.1, -0.05) is 18.2 Å². The van der Waals surface area contributed by atoms with Gasteiger partial charge in [-0.15, -0.1) is 0 Å². The minimum Gasteiger partial charge on any atom is -0.497 e. The summed E-state index contributed by atoms with van der Waals surface area (Å²) in [5.74, 6) is -0.667. The average Bonchev–Trinajstić information content (AvgIpc) is 3.25. The summed E-state index contributed by atoms with van der Waals surface area (Å²) < 4.78 is 10.9. The molecule has 0 amide bonds. The third kappa shape index (κ3) is 4.33. The van der Waals surface area contributed by atoms with Gasteiger partial charge in [-0.2, -0.15) is 0 Å². The summed E-state index contributed by atoms with van der Waals surface area (Å²) in [4.78, 5) is 46.8. The molecule has 34 heavy (non-hydrogen) atoms. The van der Waals surface area contributed by atoms with E-state index in [-0.39, 0.29) is 12.0 Å². The van der Waals surface area contributed by atoms with Gasteiger partial charge in [0, 0.05) is 29.7 Å². The molecule has 1 atom stereocenters.